The van der Waals surface area contributed by atoms with Crippen molar-refractivity contribution in [1.82, 2.24) is 14.5 Å². The van der Waals surface area contributed by atoms with Gasteiger partial charge in [0.1, 0.15) is 11.6 Å². The summed E-state index contributed by atoms with van der Waals surface area (Å²) in [5, 5.41) is 0. The fourth-order valence-corrected chi connectivity index (χ4v) is 4.63. The molecule has 2 heterocycles. The highest BCUT2D eigenvalue weighted by Gasteiger charge is 2.36. The number of amides is 1. The van der Waals surface area contributed by atoms with Gasteiger partial charge in [0.2, 0.25) is 5.91 Å². The third-order valence-electron chi connectivity index (χ3n) is 6.92. The lowest BCUT2D eigenvalue weighted by atomic mass is 10.0. The summed E-state index contributed by atoms with van der Waals surface area (Å²) in [6, 6.07) is 14.3. The first-order valence-corrected chi connectivity index (χ1v) is 11.6. The van der Waals surface area contributed by atoms with E-state index in [4.69, 9.17) is 4.98 Å². The molecule has 1 aliphatic heterocycles. The number of aryl methyl sites for hydroxylation is 1. The third-order valence-corrected chi connectivity index (χ3v) is 6.92. The van der Waals surface area contributed by atoms with Crippen LogP contribution in [0.1, 0.15) is 30.5 Å². The molecule has 1 saturated carbocycles. The highest BCUT2D eigenvalue weighted by atomic mass is 19.1. The van der Waals surface area contributed by atoms with Crippen molar-refractivity contribution in [3.05, 3.63) is 76.0 Å². The quantitative estimate of drug-likeness (QED) is 0.577. The lowest BCUT2D eigenvalue weighted by Crippen LogP contribution is -2.32. The molecule has 1 aliphatic carbocycles. The zero-order chi connectivity index (χ0) is 23.1. The predicted molar refractivity (Wildman–Crippen MR) is 126 cm³/mol. The number of aromatic nitrogens is 2. The van der Waals surface area contributed by atoms with Crippen LogP contribution in [0.5, 0.6) is 0 Å². The molecule has 0 N–H and O–H groups in total. The van der Waals surface area contributed by atoms with Gasteiger partial charge in [0, 0.05) is 42.4 Å². The fraction of sp³-hybridized carbons (Fsp3) is 0.370. The molecule has 1 saturated heterocycles. The molecular formula is C27H28FN3O2. The number of nitrogens with zero attached hydrogens (tertiary/aromatic N) is 3. The molecule has 3 aromatic rings. The molecule has 5 rings (SSSR count). The Kier molecular flexibility index (Phi) is 5.60. The second kappa shape index (κ2) is 8.58. The Morgan fingerprint density at radius 3 is 2.21 bits per heavy atom. The molecule has 5 nitrogen and oxygen atoms in total. The fourth-order valence-electron chi connectivity index (χ4n) is 4.63. The van der Waals surface area contributed by atoms with Gasteiger partial charge in [-0.25, -0.2) is 9.37 Å². The van der Waals surface area contributed by atoms with Crippen molar-refractivity contribution < 1.29 is 9.18 Å². The van der Waals surface area contributed by atoms with Crippen LogP contribution in [0.2, 0.25) is 0 Å². The minimum absolute atomic E-state index is 0.0212. The Labute approximate surface area is 192 Å². The van der Waals surface area contributed by atoms with E-state index in [9.17, 15) is 14.0 Å². The van der Waals surface area contributed by atoms with Gasteiger partial charge in [-0.05, 0) is 62.3 Å². The summed E-state index contributed by atoms with van der Waals surface area (Å²) in [4.78, 5) is 32.4. The molecule has 170 valence electrons. The lowest BCUT2D eigenvalue weighted by molar-refractivity contribution is -0.131. The number of rotatable bonds is 5. The van der Waals surface area contributed by atoms with Crippen LogP contribution < -0.4 is 5.56 Å². The summed E-state index contributed by atoms with van der Waals surface area (Å²) < 4.78 is 15.0. The Balaban J connectivity index is 1.43. The highest BCUT2D eigenvalue weighted by molar-refractivity contribution is 5.81. The Bertz CT molecular complexity index is 1240. The Hall–Kier alpha value is -3.28. The van der Waals surface area contributed by atoms with E-state index in [0.29, 0.717) is 24.5 Å². The van der Waals surface area contributed by atoms with E-state index in [0.717, 1.165) is 48.2 Å². The first-order chi connectivity index (χ1) is 15.9. The monoisotopic (exact) mass is 445 g/mol. The topological polar surface area (TPSA) is 55.2 Å². The minimum Gasteiger partial charge on any atom is -0.342 e. The van der Waals surface area contributed by atoms with Crippen LogP contribution >= 0.6 is 0 Å². The lowest BCUT2D eigenvalue weighted by Gasteiger charge is -2.19. The molecule has 1 amide bonds. The van der Waals surface area contributed by atoms with Gasteiger partial charge >= 0.3 is 0 Å². The SMILES string of the molecule is Cc1nc(-c2ccc(-c3ccc(F)cc3)cc2)n(C[C@@H]2CCN(C(=O)C3CC3)C2)c(=O)c1C. The van der Waals surface area contributed by atoms with Gasteiger partial charge in [-0.1, -0.05) is 36.4 Å². The van der Waals surface area contributed by atoms with E-state index in [1.807, 2.05) is 43.0 Å². The molecule has 2 fully saturated rings. The van der Waals surface area contributed by atoms with Crippen LogP contribution in [0.15, 0.2) is 53.3 Å². The van der Waals surface area contributed by atoms with Crippen LogP contribution in [-0.2, 0) is 11.3 Å². The largest absolute Gasteiger partial charge is 0.342 e. The minimum atomic E-state index is -0.261. The summed E-state index contributed by atoms with van der Waals surface area (Å²) in [6.45, 7) is 5.71. The average molecular weight is 446 g/mol. The van der Waals surface area contributed by atoms with Gasteiger partial charge in [-0.3, -0.25) is 14.2 Å². The summed E-state index contributed by atoms with van der Waals surface area (Å²) in [6.07, 6.45) is 2.93. The second-order valence-electron chi connectivity index (χ2n) is 9.36. The van der Waals surface area contributed by atoms with Crippen molar-refractivity contribution in [1.29, 1.82) is 0 Å². The van der Waals surface area contributed by atoms with E-state index in [1.165, 1.54) is 12.1 Å². The molecule has 2 aliphatic rings. The molecule has 1 atom stereocenters. The van der Waals surface area contributed by atoms with E-state index in [1.54, 1.807) is 16.7 Å². The first kappa shape index (κ1) is 21.6. The Morgan fingerprint density at radius 1 is 0.970 bits per heavy atom. The summed E-state index contributed by atoms with van der Waals surface area (Å²) in [5.41, 5.74) is 4.13. The van der Waals surface area contributed by atoms with Crippen LogP contribution in [0, 0.1) is 31.5 Å². The maximum atomic E-state index is 13.3. The normalized spacial score (nSPS) is 18.0. The van der Waals surface area contributed by atoms with Crippen LogP contribution in [-0.4, -0.2) is 33.4 Å². The van der Waals surface area contributed by atoms with Gasteiger partial charge in [-0.2, -0.15) is 0 Å². The molecule has 0 radical (unpaired) electrons. The molecule has 1 aromatic heterocycles. The van der Waals surface area contributed by atoms with Crippen molar-refractivity contribution in [3.8, 4) is 22.5 Å². The smallest absolute Gasteiger partial charge is 0.256 e. The number of hydrogen-bond donors (Lipinski definition) is 0. The molecular weight excluding hydrogens is 417 g/mol. The third kappa shape index (κ3) is 4.34. The predicted octanol–water partition coefficient (Wildman–Crippen LogP) is 4.59. The van der Waals surface area contributed by atoms with Gasteiger partial charge < -0.3 is 4.90 Å². The van der Waals surface area contributed by atoms with Crippen LogP contribution in [0.4, 0.5) is 4.39 Å². The number of carbonyl (C=O) groups is 1. The highest BCUT2D eigenvalue weighted by Crippen LogP contribution is 2.33. The zero-order valence-corrected chi connectivity index (χ0v) is 19.1. The van der Waals surface area contributed by atoms with Crippen molar-refractivity contribution in [2.24, 2.45) is 11.8 Å². The van der Waals surface area contributed by atoms with E-state index in [2.05, 4.69) is 0 Å². The molecule has 0 bridgehead atoms. The molecule has 6 heteroatoms. The summed E-state index contributed by atoms with van der Waals surface area (Å²) in [5.74, 6) is 1.14. The average Bonchev–Trinajstić information content (AvgIpc) is 3.57. The number of likely N-dealkylation sites (tertiary alicyclic amines) is 1. The van der Waals surface area contributed by atoms with Crippen molar-refractivity contribution >= 4 is 5.91 Å². The molecule has 33 heavy (non-hydrogen) atoms. The van der Waals surface area contributed by atoms with E-state index < -0.39 is 0 Å². The summed E-state index contributed by atoms with van der Waals surface area (Å²) >= 11 is 0. The van der Waals surface area contributed by atoms with Gasteiger partial charge in [0.05, 0.1) is 0 Å². The molecule has 0 unspecified atom stereocenters. The zero-order valence-electron chi connectivity index (χ0n) is 19.1. The van der Waals surface area contributed by atoms with Crippen molar-refractivity contribution in [2.45, 2.75) is 39.7 Å². The second-order valence-corrected chi connectivity index (χ2v) is 9.36. The van der Waals surface area contributed by atoms with Gasteiger partial charge in [-0.15, -0.1) is 0 Å². The number of halogens is 1. The summed E-state index contributed by atoms with van der Waals surface area (Å²) in [7, 11) is 0. The van der Waals surface area contributed by atoms with Crippen molar-refractivity contribution in [2.75, 3.05) is 13.1 Å². The molecule has 0 spiro atoms. The number of benzene rings is 2. The number of carbonyl (C=O) groups excluding carboxylic acids is 1. The molecule has 2 aromatic carbocycles. The van der Waals surface area contributed by atoms with Crippen LogP contribution in [0.25, 0.3) is 22.5 Å². The maximum absolute atomic E-state index is 13.3. The van der Waals surface area contributed by atoms with Crippen LogP contribution in [0.3, 0.4) is 0 Å². The Morgan fingerprint density at radius 2 is 1.58 bits per heavy atom. The van der Waals surface area contributed by atoms with Gasteiger partial charge in [0.15, 0.2) is 0 Å². The van der Waals surface area contributed by atoms with E-state index in [-0.39, 0.29) is 29.1 Å². The number of hydrogen-bond acceptors (Lipinski definition) is 3. The van der Waals surface area contributed by atoms with Crippen molar-refractivity contribution in [3.63, 3.8) is 0 Å². The van der Waals surface area contributed by atoms with E-state index >= 15 is 0 Å². The standard InChI is InChI=1S/C27H28FN3O2/c1-17-18(2)29-25(22-5-3-20(4-6-22)21-9-11-24(28)12-10-21)31(26(17)32)16-19-13-14-30(15-19)27(33)23-7-8-23/h3-6,9-12,19,23H,7-8,13-16H2,1-2H3/t19-/m1/s1. The first-order valence-electron chi connectivity index (χ1n) is 11.6. The maximum Gasteiger partial charge on any atom is 0.256 e. The van der Waals surface area contributed by atoms with Gasteiger partial charge in [0.25, 0.3) is 5.56 Å².